The van der Waals surface area contributed by atoms with Gasteiger partial charge in [0.05, 0.1) is 11.6 Å². The van der Waals surface area contributed by atoms with Gasteiger partial charge in [-0.2, -0.15) is 10.4 Å². The topological polar surface area (TPSA) is 144 Å². The molecule has 0 bridgehead atoms. The largest absolute Gasteiger partial charge is 0.382 e. The van der Waals surface area contributed by atoms with E-state index in [0.717, 1.165) is 5.56 Å². The summed E-state index contributed by atoms with van der Waals surface area (Å²) in [5.74, 6) is -1.48. The van der Waals surface area contributed by atoms with Gasteiger partial charge >= 0.3 is 0 Å². The Hall–Kier alpha value is -3.21. The van der Waals surface area contributed by atoms with E-state index in [1.165, 1.54) is 0 Å². The molecule has 1 saturated heterocycles. The van der Waals surface area contributed by atoms with E-state index in [0.29, 0.717) is 5.69 Å². The van der Waals surface area contributed by atoms with Crippen molar-refractivity contribution in [1.29, 1.82) is 10.7 Å². The van der Waals surface area contributed by atoms with Crippen molar-refractivity contribution in [3.05, 3.63) is 29.8 Å². The molecule has 0 aromatic heterocycles. The molecule has 2 amide bonds. The molecule has 0 spiro atoms. The third-order valence-corrected chi connectivity index (χ3v) is 2.94. The normalized spacial score (nSPS) is 18.0. The maximum atomic E-state index is 11.6. The van der Waals surface area contributed by atoms with Gasteiger partial charge in [0, 0.05) is 6.42 Å². The quantitative estimate of drug-likeness (QED) is 0.267. The van der Waals surface area contributed by atoms with Gasteiger partial charge in [-0.1, -0.05) is 12.1 Å². The standard InChI is InChI=1S/C13H12N6O2/c14-6-10(12(15)16)19-18-8-3-1-7(2-4-8)9-5-11(20)17-13(9)21/h1-4,9,18H,5H2,(H3,15,16)(H,17,20,21)/b19-10+. The number of hydrogen-bond acceptors (Lipinski definition) is 6. The molecule has 5 N–H and O–H groups in total. The highest BCUT2D eigenvalue weighted by Crippen LogP contribution is 2.25. The summed E-state index contributed by atoms with van der Waals surface area (Å²) in [6.07, 6.45) is 0.146. The number of rotatable bonds is 4. The monoisotopic (exact) mass is 284 g/mol. The Bertz CT molecular complexity index is 671. The van der Waals surface area contributed by atoms with E-state index < -0.39 is 11.8 Å². The zero-order chi connectivity index (χ0) is 15.4. The molecule has 21 heavy (non-hydrogen) atoms. The molecule has 0 aliphatic carbocycles. The number of nitrogens with one attached hydrogen (secondary N) is 3. The number of nitrogens with zero attached hydrogens (tertiary/aromatic N) is 2. The fourth-order valence-electron chi connectivity index (χ4n) is 1.88. The number of nitrogens with two attached hydrogens (primary N) is 1. The predicted molar refractivity (Wildman–Crippen MR) is 75.5 cm³/mol. The lowest BCUT2D eigenvalue weighted by Gasteiger charge is -2.07. The summed E-state index contributed by atoms with van der Waals surface area (Å²) in [6, 6.07) is 8.39. The smallest absolute Gasteiger partial charge is 0.234 e. The summed E-state index contributed by atoms with van der Waals surface area (Å²) in [5.41, 5.74) is 8.82. The Kier molecular flexibility index (Phi) is 3.95. The lowest BCUT2D eigenvalue weighted by molar-refractivity contribution is -0.125. The SMILES string of the molecule is N#C/C(=N\Nc1ccc(C2CC(=O)NC2=O)cc1)C(=N)N. The van der Waals surface area contributed by atoms with Gasteiger partial charge in [0.25, 0.3) is 0 Å². The first kappa shape index (κ1) is 14.2. The minimum Gasteiger partial charge on any atom is -0.382 e. The summed E-state index contributed by atoms with van der Waals surface area (Å²) in [7, 11) is 0. The number of imide groups is 1. The second-order valence-corrected chi connectivity index (χ2v) is 4.39. The average molecular weight is 284 g/mol. The number of amides is 2. The molecule has 0 radical (unpaired) electrons. The third-order valence-electron chi connectivity index (χ3n) is 2.94. The molecular weight excluding hydrogens is 272 g/mol. The fraction of sp³-hybridized carbons (Fsp3) is 0.154. The molecule has 8 heteroatoms. The molecule has 1 aromatic carbocycles. The minimum absolute atomic E-state index is 0.146. The molecule has 1 unspecified atom stereocenters. The van der Waals surface area contributed by atoms with E-state index in [2.05, 4.69) is 15.8 Å². The van der Waals surface area contributed by atoms with E-state index in [4.69, 9.17) is 16.4 Å². The van der Waals surface area contributed by atoms with Crippen LogP contribution < -0.4 is 16.5 Å². The van der Waals surface area contributed by atoms with Crippen LogP contribution in [-0.4, -0.2) is 23.4 Å². The lowest BCUT2D eigenvalue weighted by Crippen LogP contribution is -2.22. The first-order valence-electron chi connectivity index (χ1n) is 6.03. The second-order valence-electron chi connectivity index (χ2n) is 4.39. The molecule has 1 aromatic rings. The van der Waals surface area contributed by atoms with Crippen LogP contribution in [0.1, 0.15) is 17.9 Å². The van der Waals surface area contributed by atoms with Crippen LogP contribution in [0.15, 0.2) is 29.4 Å². The summed E-state index contributed by atoms with van der Waals surface area (Å²) in [6.45, 7) is 0. The van der Waals surface area contributed by atoms with Crippen molar-refractivity contribution >= 4 is 29.0 Å². The molecule has 1 heterocycles. The van der Waals surface area contributed by atoms with Gasteiger partial charge < -0.3 is 5.73 Å². The zero-order valence-corrected chi connectivity index (χ0v) is 10.9. The second kappa shape index (κ2) is 5.83. The van der Waals surface area contributed by atoms with Crippen molar-refractivity contribution in [2.75, 3.05) is 5.43 Å². The molecule has 106 valence electrons. The van der Waals surface area contributed by atoms with Crippen molar-refractivity contribution in [3.63, 3.8) is 0 Å². The summed E-state index contributed by atoms with van der Waals surface area (Å²) in [4.78, 5) is 22.7. The molecular formula is C13H12N6O2. The Labute approximate surface area is 120 Å². The van der Waals surface area contributed by atoms with Gasteiger partial charge in [-0.05, 0) is 17.7 Å². The molecule has 8 nitrogen and oxygen atoms in total. The molecule has 1 atom stereocenters. The summed E-state index contributed by atoms with van der Waals surface area (Å²) in [5, 5.41) is 21.8. The fourth-order valence-corrected chi connectivity index (χ4v) is 1.88. The van der Waals surface area contributed by atoms with Crippen LogP contribution in [0.2, 0.25) is 0 Å². The van der Waals surface area contributed by atoms with Crippen molar-refractivity contribution in [2.24, 2.45) is 10.8 Å². The Balaban J connectivity index is 2.10. The van der Waals surface area contributed by atoms with Crippen LogP contribution in [0.25, 0.3) is 0 Å². The Morgan fingerprint density at radius 3 is 2.57 bits per heavy atom. The highest BCUT2D eigenvalue weighted by molar-refractivity contribution is 6.45. The van der Waals surface area contributed by atoms with Crippen LogP contribution in [0, 0.1) is 16.7 Å². The van der Waals surface area contributed by atoms with Gasteiger partial charge in [0.15, 0.2) is 5.84 Å². The highest BCUT2D eigenvalue weighted by atomic mass is 16.2. The predicted octanol–water partition coefficient (Wildman–Crippen LogP) is 0.0442. The molecule has 0 saturated carbocycles. The number of benzene rings is 1. The first-order chi connectivity index (χ1) is 10.0. The van der Waals surface area contributed by atoms with Crippen molar-refractivity contribution < 1.29 is 9.59 Å². The van der Waals surface area contributed by atoms with Gasteiger partial charge in [-0.15, -0.1) is 0 Å². The summed E-state index contributed by atoms with van der Waals surface area (Å²) < 4.78 is 0. The maximum Gasteiger partial charge on any atom is 0.234 e. The lowest BCUT2D eigenvalue weighted by atomic mass is 9.97. The number of carbonyl (C=O) groups is 2. The van der Waals surface area contributed by atoms with Crippen LogP contribution in [0.5, 0.6) is 0 Å². The van der Waals surface area contributed by atoms with Gasteiger partial charge in [-0.25, -0.2) is 0 Å². The van der Waals surface area contributed by atoms with Gasteiger partial charge in [-0.3, -0.25) is 25.7 Å². The van der Waals surface area contributed by atoms with Gasteiger partial charge in [0.2, 0.25) is 17.5 Å². The van der Waals surface area contributed by atoms with Crippen LogP contribution >= 0.6 is 0 Å². The Morgan fingerprint density at radius 2 is 2.10 bits per heavy atom. The zero-order valence-electron chi connectivity index (χ0n) is 10.9. The van der Waals surface area contributed by atoms with E-state index in [-0.39, 0.29) is 23.9 Å². The molecule has 1 fully saturated rings. The first-order valence-corrected chi connectivity index (χ1v) is 6.03. The molecule has 1 aliphatic heterocycles. The van der Waals surface area contributed by atoms with Crippen LogP contribution in [0.4, 0.5) is 5.69 Å². The number of amidine groups is 1. The van der Waals surface area contributed by atoms with E-state index in [1.54, 1.807) is 30.3 Å². The van der Waals surface area contributed by atoms with Crippen molar-refractivity contribution in [2.45, 2.75) is 12.3 Å². The summed E-state index contributed by atoms with van der Waals surface area (Å²) >= 11 is 0. The Morgan fingerprint density at radius 1 is 1.43 bits per heavy atom. The van der Waals surface area contributed by atoms with Gasteiger partial charge in [0.1, 0.15) is 6.07 Å². The molecule has 1 aliphatic rings. The molecule has 2 rings (SSSR count). The third kappa shape index (κ3) is 3.22. The van der Waals surface area contributed by atoms with Crippen LogP contribution in [-0.2, 0) is 9.59 Å². The minimum atomic E-state index is -0.470. The van der Waals surface area contributed by atoms with Crippen molar-refractivity contribution in [3.8, 4) is 6.07 Å². The van der Waals surface area contributed by atoms with E-state index in [1.807, 2.05) is 0 Å². The van der Waals surface area contributed by atoms with E-state index in [9.17, 15) is 9.59 Å². The number of hydrazone groups is 1. The van der Waals surface area contributed by atoms with Crippen LogP contribution in [0.3, 0.4) is 0 Å². The maximum absolute atomic E-state index is 11.6. The number of carbonyl (C=O) groups excluding carboxylic acids is 2. The number of nitriles is 1. The highest BCUT2D eigenvalue weighted by Gasteiger charge is 2.31. The van der Waals surface area contributed by atoms with Crippen molar-refractivity contribution in [1.82, 2.24) is 5.32 Å². The van der Waals surface area contributed by atoms with E-state index >= 15 is 0 Å². The number of anilines is 1. The number of hydrogen-bond donors (Lipinski definition) is 4. The average Bonchev–Trinajstić information content (AvgIpc) is 2.79.